The summed E-state index contributed by atoms with van der Waals surface area (Å²) in [5.74, 6) is -1.32. The molecule has 142 valence electrons. The van der Waals surface area contributed by atoms with Crippen molar-refractivity contribution in [1.82, 2.24) is 4.90 Å². The fraction of sp³-hybridized carbons (Fsp3) is 0.550. The summed E-state index contributed by atoms with van der Waals surface area (Å²) in [4.78, 5) is 38.3. The van der Waals surface area contributed by atoms with Crippen LogP contribution in [0.3, 0.4) is 0 Å². The summed E-state index contributed by atoms with van der Waals surface area (Å²) < 4.78 is 5.49. The van der Waals surface area contributed by atoms with Crippen LogP contribution in [-0.2, 0) is 25.5 Å². The van der Waals surface area contributed by atoms with Crippen molar-refractivity contribution in [3.05, 3.63) is 35.9 Å². The molecule has 2 atom stereocenters. The Balaban J connectivity index is 2.09. The highest BCUT2D eigenvalue weighted by Gasteiger charge is 2.44. The summed E-state index contributed by atoms with van der Waals surface area (Å²) in [5, 5.41) is 0. The third-order valence-corrected chi connectivity index (χ3v) is 4.43. The van der Waals surface area contributed by atoms with Crippen LogP contribution in [0.5, 0.6) is 0 Å². The molecule has 0 aliphatic carbocycles. The van der Waals surface area contributed by atoms with Gasteiger partial charge in [-0.05, 0) is 39.2 Å². The van der Waals surface area contributed by atoms with Gasteiger partial charge in [-0.15, -0.1) is 0 Å². The lowest BCUT2D eigenvalue weighted by molar-refractivity contribution is -0.164. The van der Waals surface area contributed by atoms with Crippen LogP contribution in [0.25, 0.3) is 0 Å². The van der Waals surface area contributed by atoms with Crippen LogP contribution >= 0.6 is 0 Å². The number of likely N-dealkylation sites (tertiary alicyclic amines) is 1. The second-order valence-corrected chi connectivity index (χ2v) is 7.77. The number of carbonyl (C=O) groups excluding carboxylic acids is 3. The van der Waals surface area contributed by atoms with Crippen LogP contribution in [-0.4, -0.2) is 40.9 Å². The molecule has 26 heavy (non-hydrogen) atoms. The molecule has 0 saturated carbocycles. The maximum absolute atomic E-state index is 12.7. The largest absolute Gasteiger partial charge is 0.458 e. The van der Waals surface area contributed by atoms with Crippen molar-refractivity contribution in [2.24, 2.45) is 11.7 Å². The smallest absolute Gasteiger partial charge is 0.329 e. The number of carbonyl (C=O) groups is 3. The van der Waals surface area contributed by atoms with Crippen LogP contribution in [0.2, 0.25) is 0 Å². The van der Waals surface area contributed by atoms with E-state index >= 15 is 0 Å². The maximum atomic E-state index is 12.7. The predicted octanol–water partition coefficient (Wildman–Crippen LogP) is 2.05. The van der Waals surface area contributed by atoms with Crippen molar-refractivity contribution < 1.29 is 19.1 Å². The number of nitrogens with two attached hydrogens (primary N) is 1. The van der Waals surface area contributed by atoms with E-state index in [1.165, 1.54) is 0 Å². The van der Waals surface area contributed by atoms with Crippen LogP contribution in [0, 0.1) is 5.92 Å². The van der Waals surface area contributed by atoms with Gasteiger partial charge in [0.2, 0.25) is 11.8 Å². The number of ether oxygens (including phenoxy) is 1. The molecular formula is C20H28N2O4. The van der Waals surface area contributed by atoms with Gasteiger partial charge < -0.3 is 15.4 Å². The first kappa shape index (κ1) is 19.9. The van der Waals surface area contributed by atoms with Crippen molar-refractivity contribution in [1.29, 1.82) is 0 Å². The highest BCUT2D eigenvalue weighted by molar-refractivity contribution is 5.86. The van der Waals surface area contributed by atoms with Gasteiger partial charge in [-0.2, -0.15) is 0 Å². The normalized spacial score (nSPS) is 20.0. The maximum Gasteiger partial charge on any atom is 0.329 e. The second kappa shape index (κ2) is 8.34. The van der Waals surface area contributed by atoms with E-state index in [4.69, 9.17) is 10.5 Å². The quantitative estimate of drug-likeness (QED) is 0.786. The molecule has 6 heteroatoms. The van der Waals surface area contributed by atoms with E-state index in [1.807, 2.05) is 30.3 Å². The minimum absolute atomic E-state index is 0.0758. The Morgan fingerprint density at radius 1 is 1.19 bits per heavy atom. The van der Waals surface area contributed by atoms with Crippen molar-refractivity contribution in [2.45, 2.75) is 58.1 Å². The molecular weight excluding hydrogens is 332 g/mol. The Morgan fingerprint density at radius 2 is 1.85 bits per heavy atom. The summed E-state index contributed by atoms with van der Waals surface area (Å²) in [5.41, 5.74) is 5.74. The van der Waals surface area contributed by atoms with Crippen molar-refractivity contribution in [2.75, 3.05) is 6.54 Å². The molecule has 0 bridgehead atoms. The number of primary amides is 1. The molecule has 0 aromatic heterocycles. The predicted molar refractivity (Wildman–Crippen MR) is 98.0 cm³/mol. The Bertz CT molecular complexity index is 652. The summed E-state index contributed by atoms with van der Waals surface area (Å²) >= 11 is 0. The van der Waals surface area contributed by atoms with E-state index in [2.05, 4.69) is 0 Å². The molecule has 1 aliphatic heterocycles. The Kier molecular flexibility index (Phi) is 6.40. The van der Waals surface area contributed by atoms with Crippen LogP contribution < -0.4 is 5.73 Å². The topological polar surface area (TPSA) is 89.7 Å². The number of aryl methyl sites for hydroxylation is 1. The van der Waals surface area contributed by atoms with Gasteiger partial charge in [0.15, 0.2) is 0 Å². The van der Waals surface area contributed by atoms with E-state index in [0.717, 1.165) is 5.56 Å². The number of hydrogen-bond acceptors (Lipinski definition) is 4. The molecule has 2 rings (SSSR count). The molecule has 1 saturated heterocycles. The number of rotatable bonds is 6. The first-order chi connectivity index (χ1) is 12.2. The second-order valence-electron chi connectivity index (χ2n) is 7.77. The summed E-state index contributed by atoms with van der Waals surface area (Å²) in [6.07, 6.45) is 1.57. The summed E-state index contributed by atoms with van der Waals surface area (Å²) in [7, 11) is 0. The van der Waals surface area contributed by atoms with E-state index in [0.29, 0.717) is 25.8 Å². The van der Waals surface area contributed by atoms with Crippen molar-refractivity contribution >= 4 is 17.8 Å². The number of esters is 1. The SMILES string of the molecule is CC(C)(C)OC(=O)[C@@H]1[C@@H](CC(N)=O)CCN1C(=O)CCc1ccccc1. The molecule has 1 heterocycles. The van der Waals surface area contributed by atoms with E-state index < -0.39 is 23.5 Å². The molecule has 1 aromatic carbocycles. The molecule has 2 N–H and O–H groups in total. The van der Waals surface area contributed by atoms with Gasteiger partial charge in [0.25, 0.3) is 0 Å². The molecule has 1 aromatic rings. The van der Waals surface area contributed by atoms with Crippen LogP contribution in [0.15, 0.2) is 30.3 Å². The minimum atomic E-state index is -0.745. The van der Waals surface area contributed by atoms with Crippen LogP contribution in [0.4, 0.5) is 0 Å². The van der Waals surface area contributed by atoms with E-state index in [1.54, 1.807) is 25.7 Å². The molecule has 2 amide bonds. The molecule has 1 fully saturated rings. The third-order valence-electron chi connectivity index (χ3n) is 4.43. The lowest BCUT2D eigenvalue weighted by atomic mass is 9.96. The van der Waals surface area contributed by atoms with Gasteiger partial charge >= 0.3 is 5.97 Å². The molecule has 6 nitrogen and oxygen atoms in total. The highest BCUT2D eigenvalue weighted by atomic mass is 16.6. The average Bonchev–Trinajstić information content (AvgIpc) is 2.95. The van der Waals surface area contributed by atoms with Gasteiger partial charge in [-0.1, -0.05) is 30.3 Å². The number of amides is 2. The van der Waals surface area contributed by atoms with E-state index in [-0.39, 0.29) is 18.2 Å². The minimum Gasteiger partial charge on any atom is -0.458 e. The fourth-order valence-electron chi connectivity index (χ4n) is 3.33. The zero-order valence-corrected chi connectivity index (χ0v) is 15.7. The van der Waals surface area contributed by atoms with Crippen molar-refractivity contribution in [3.8, 4) is 0 Å². The number of nitrogens with zero attached hydrogens (tertiary/aromatic N) is 1. The summed E-state index contributed by atoms with van der Waals surface area (Å²) in [6, 6.07) is 8.99. The Hall–Kier alpha value is -2.37. The zero-order valence-electron chi connectivity index (χ0n) is 15.7. The lowest BCUT2D eigenvalue weighted by Crippen LogP contribution is -2.46. The number of hydrogen-bond donors (Lipinski definition) is 1. The van der Waals surface area contributed by atoms with Crippen LogP contribution in [0.1, 0.15) is 45.6 Å². The first-order valence-electron chi connectivity index (χ1n) is 9.02. The van der Waals surface area contributed by atoms with E-state index in [9.17, 15) is 14.4 Å². The monoisotopic (exact) mass is 360 g/mol. The van der Waals surface area contributed by atoms with Gasteiger partial charge in [0.05, 0.1) is 0 Å². The molecule has 0 spiro atoms. The fourth-order valence-corrected chi connectivity index (χ4v) is 3.33. The van der Waals surface area contributed by atoms with Gasteiger partial charge in [-0.25, -0.2) is 4.79 Å². The molecule has 0 unspecified atom stereocenters. The molecule has 1 aliphatic rings. The first-order valence-corrected chi connectivity index (χ1v) is 9.02. The number of benzene rings is 1. The van der Waals surface area contributed by atoms with Gasteiger partial charge in [-0.3, -0.25) is 9.59 Å². The van der Waals surface area contributed by atoms with Crippen molar-refractivity contribution in [3.63, 3.8) is 0 Å². The Labute approximate surface area is 154 Å². The summed E-state index contributed by atoms with van der Waals surface area (Å²) in [6.45, 7) is 5.79. The lowest BCUT2D eigenvalue weighted by Gasteiger charge is -2.30. The van der Waals surface area contributed by atoms with Gasteiger partial charge in [0.1, 0.15) is 11.6 Å². The van der Waals surface area contributed by atoms with Gasteiger partial charge in [0, 0.05) is 25.3 Å². The molecule has 0 radical (unpaired) electrons. The third kappa shape index (κ3) is 5.58. The standard InChI is InChI=1S/C20H28N2O4/c1-20(2,3)26-19(25)18-15(13-16(21)23)11-12-22(18)17(24)10-9-14-7-5-4-6-8-14/h4-8,15,18H,9-13H2,1-3H3,(H2,21,23)/t15-,18+/m1/s1. The zero-order chi connectivity index (χ0) is 19.3. The average molecular weight is 360 g/mol. The Morgan fingerprint density at radius 3 is 2.42 bits per heavy atom. The highest BCUT2D eigenvalue weighted by Crippen LogP contribution is 2.30.